The molecule has 2 unspecified atom stereocenters. The van der Waals surface area contributed by atoms with Crippen LogP contribution in [-0.4, -0.2) is 40.2 Å². The molecule has 0 amide bonds. The Morgan fingerprint density at radius 1 is 0.882 bits per heavy atom. The van der Waals surface area contributed by atoms with Crippen molar-refractivity contribution in [3.63, 3.8) is 0 Å². The van der Waals surface area contributed by atoms with E-state index in [0.717, 1.165) is 29.9 Å². The smallest absolute Gasteiger partial charge is 0.357 e. The maximum Gasteiger partial charge on any atom is 0.357 e. The van der Waals surface area contributed by atoms with Crippen molar-refractivity contribution >= 4 is 5.97 Å². The Kier molecular flexibility index (Phi) is 15.3. The van der Waals surface area contributed by atoms with Gasteiger partial charge in [-0.1, -0.05) is 122 Å². The van der Waals surface area contributed by atoms with Crippen LogP contribution in [0.25, 0.3) is 0 Å². The van der Waals surface area contributed by atoms with Gasteiger partial charge in [-0.15, -0.1) is 0 Å². The van der Waals surface area contributed by atoms with Crippen LogP contribution in [0, 0.1) is 0 Å². The van der Waals surface area contributed by atoms with Crippen LogP contribution in [0.15, 0.2) is 24.3 Å². The van der Waals surface area contributed by atoms with E-state index in [4.69, 9.17) is 10.6 Å². The average Bonchev–Trinajstić information content (AvgIpc) is 2.82. The molecule has 0 radical (unpaired) electrons. The molecular weight excluding hydrogens is 428 g/mol. The Labute approximate surface area is 207 Å². The number of hydrogen-bond donors (Lipinski definition) is 3. The number of unbranched alkanes of at least 4 members (excludes halogenated alkanes) is 11. The minimum absolute atomic E-state index is 0.0140. The number of nitrogens with zero attached hydrogens (tertiary/aromatic N) is 1. The number of rotatable bonds is 18. The van der Waals surface area contributed by atoms with Crippen LogP contribution >= 0.6 is 0 Å². The fraction of sp³-hybridized carbons (Fsp3) is 0.750. The quantitative estimate of drug-likeness (QED) is 0.135. The first kappa shape index (κ1) is 30.6. The normalized spacial score (nSPS) is 13.8. The van der Waals surface area contributed by atoms with E-state index >= 15 is 0 Å². The lowest BCUT2D eigenvalue weighted by Crippen LogP contribution is -2.47. The van der Waals surface area contributed by atoms with E-state index in [9.17, 15) is 15.0 Å². The van der Waals surface area contributed by atoms with Gasteiger partial charge < -0.3 is 20.8 Å². The first-order chi connectivity index (χ1) is 16.2. The van der Waals surface area contributed by atoms with Crippen LogP contribution in [0.2, 0.25) is 0 Å². The second-order valence-corrected chi connectivity index (χ2v) is 10.5. The molecule has 0 saturated heterocycles. The summed E-state index contributed by atoms with van der Waals surface area (Å²) in [4.78, 5) is 17.7. The number of hydroxylamine groups is 2. The molecule has 0 aliphatic rings. The minimum Gasteiger partial charge on any atom is -0.389 e. The summed E-state index contributed by atoms with van der Waals surface area (Å²) < 4.78 is 0. The number of carbonyl (C=O) groups is 1. The highest BCUT2D eigenvalue weighted by molar-refractivity contribution is 5.89. The summed E-state index contributed by atoms with van der Waals surface area (Å²) in [5.74, 6) is -0.609. The monoisotopic (exact) mass is 478 g/mol. The van der Waals surface area contributed by atoms with Gasteiger partial charge in [0.1, 0.15) is 0 Å². The Balaban J connectivity index is 2.26. The van der Waals surface area contributed by atoms with E-state index in [1.807, 2.05) is 12.1 Å². The summed E-state index contributed by atoms with van der Waals surface area (Å²) >= 11 is 0. The Hall–Kier alpha value is -1.47. The van der Waals surface area contributed by atoms with E-state index < -0.39 is 18.3 Å². The van der Waals surface area contributed by atoms with Crippen molar-refractivity contribution in [1.29, 1.82) is 0 Å². The van der Waals surface area contributed by atoms with Gasteiger partial charge in [0.2, 0.25) is 0 Å². The van der Waals surface area contributed by atoms with Gasteiger partial charge >= 0.3 is 5.97 Å². The van der Waals surface area contributed by atoms with E-state index in [1.165, 1.54) is 57.8 Å². The minimum atomic E-state index is -1.35. The number of carbonyl (C=O) groups excluding carboxylic acids is 1. The van der Waals surface area contributed by atoms with E-state index in [1.54, 1.807) is 12.1 Å². The fourth-order valence-corrected chi connectivity index (χ4v) is 4.00. The maximum atomic E-state index is 12.5. The van der Waals surface area contributed by atoms with Crippen molar-refractivity contribution in [2.75, 3.05) is 6.67 Å². The first-order valence-corrected chi connectivity index (χ1v) is 13.4. The molecule has 0 saturated carbocycles. The molecule has 1 aromatic carbocycles. The molecule has 0 fully saturated rings. The predicted molar refractivity (Wildman–Crippen MR) is 139 cm³/mol. The zero-order chi connectivity index (χ0) is 25.4. The highest BCUT2D eigenvalue weighted by atomic mass is 16.7. The van der Waals surface area contributed by atoms with Crippen LogP contribution in [0.5, 0.6) is 0 Å². The Morgan fingerprint density at radius 3 is 1.79 bits per heavy atom. The third-order valence-corrected chi connectivity index (χ3v) is 6.36. The van der Waals surface area contributed by atoms with Gasteiger partial charge in [-0.2, -0.15) is 0 Å². The highest BCUT2D eigenvalue weighted by Gasteiger charge is 2.26. The van der Waals surface area contributed by atoms with Crippen LogP contribution in [-0.2, 0) is 10.3 Å². The van der Waals surface area contributed by atoms with Crippen molar-refractivity contribution in [3.05, 3.63) is 35.4 Å². The van der Waals surface area contributed by atoms with E-state index in [0.29, 0.717) is 12.0 Å². The molecule has 1 aromatic rings. The zero-order valence-corrected chi connectivity index (χ0v) is 22.1. The van der Waals surface area contributed by atoms with Crippen molar-refractivity contribution < 1.29 is 19.8 Å². The molecule has 196 valence electrons. The predicted octanol–water partition coefficient (Wildman–Crippen LogP) is 6.04. The van der Waals surface area contributed by atoms with Gasteiger partial charge in [0.25, 0.3) is 0 Å². The summed E-state index contributed by atoms with van der Waals surface area (Å²) in [5, 5.41) is 21.7. The molecule has 2 atom stereocenters. The zero-order valence-electron chi connectivity index (χ0n) is 22.1. The third-order valence-electron chi connectivity index (χ3n) is 6.36. The first-order valence-electron chi connectivity index (χ1n) is 13.4. The summed E-state index contributed by atoms with van der Waals surface area (Å²) in [5.41, 5.74) is 7.13. The molecule has 0 aromatic heterocycles. The van der Waals surface area contributed by atoms with Crippen molar-refractivity contribution in [2.24, 2.45) is 5.73 Å². The molecule has 0 heterocycles. The lowest BCUT2D eigenvalue weighted by Gasteiger charge is -2.28. The van der Waals surface area contributed by atoms with Crippen molar-refractivity contribution in [3.8, 4) is 0 Å². The van der Waals surface area contributed by atoms with Gasteiger partial charge in [0.15, 0.2) is 6.23 Å². The molecule has 6 nitrogen and oxygen atoms in total. The number of benzene rings is 1. The van der Waals surface area contributed by atoms with E-state index in [-0.39, 0.29) is 12.1 Å². The molecule has 6 heteroatoms. The topological polar surface area (TPSA) is 96.0 Å². The lowest BCUT2D eigenvalue weighted by atomic mass is 9.87. The van der Waals surface area contributed by atoms with Crippen LogP contribution in [0.3, 0.4) is 0 Å². The highest BCUT2D eigenvalue weighted by Crippen LogP contribution is 2.22. The average molecular weight is 479 g/mol. The summed E-state index contributed by atoms with van der Waals surface area (Å²) in [7, 11) is 0. The van der Waals surface area contributed by atoms with Gasteiger partial charge in [-0.05, 0) is 29.5 Å². The van der Waals surface area contributed by atoms with Crippen molar-refractivity contribution in [2.45, 2.75) is 129 Å². The molecule has 0 spiro atoms. The van der Waals surface area contributed by atoms with Crippen LogP contribution < -0.4 is 5.73 Å². The molecule has 4 N–H and O–H groups in total. The summed E-state index contributed by atoms with van der Waals surface area (Å²) in [6.45, 7) is 8.35. The molecule has 1 rings (SSSR count). The maximum absolute atomic E-state index is 12.5. The molecular formula is C28H50N2O4. The van der Waals surface area contributed by atoms with Gasteiger partial charge in [0.05, 0.1) is 18.3 Å². The molecule has 0 aliphatic carbocycles. The van der Waals surface area contributed by atoms with Crippen LogP contribution in [0.1, 0.15) is 127 Å². The Morgan fingerprint density at radius 2 is 1.35 bits per heavy atom. The number of nitrogens with two attached hydrogens (primary N) is 1. The lowest BCUT2D eigenvalue weighted by molar-refractivity contribution is -0.227. The second-order valence-electron chi connectivity index (χ2n) is 10.5. The van der Waals surface area contributed by atoms with Gasteiger partial charge in [-0.25, -0.2) is 4.79 Å². The van der Waals surface area contributed by atoms with Crippen molar-refractivity contribution in [1.82, 2.24) is 5.06 Å². The van der Waals surface area contributed by atoms with E-state index in [2.05, 4.69) is 27.7 Å². The molecule has 34 heavy (non-hydrogen) atoms. The summed E-state index contributed by atoms with van der Waals surface area (Å²) in [6, 6.07) is 7.18. The molecule has 0 aliphatic heterocycles. The number of aliphatic hydroxyl groups is 2. The summed E-state index contributed by atoms with van der Waals surface area (Å²) in [6.07, 6.45) is 12.9. The largest absolute Gasteiger partial charge is 0.389 e. The third kappa shape index (κ3) is 12.3. The Bertz CT molecular complexity index is 657. The van der Waals surface area contributed by atoms with Crippen LogP contribution in [0.4, 0.5) is 0 Å². The molecule has 0 bridgehead atoms. The van der Waals surface area contributed by atoms with Gasteiger partial charge in [-0.3, -0.25) is 0 Å². The number of hydrogen-bond acceptors (Lipinski definition) is 6. The van der Waals surface area contributed by atoms with Gasteiger partial charge in [0, 0.05) is 0 Å². The fourth-order valence-electron chi connectivity index (χ4n) is 4.00. The number of aliphatic hydroxyl groups excluding tert-OH is 2. The SMILES string of the molecule is CCCCCCCCCCCCCCC(O)C(O)N(CN)OC(=O)c1ccc(C(C)(C)C)cc1. The second kappa shape index (κ2) is 17.0. The standard InChI is InChI=1S/C28H50N2O4/c1-5-6-7-8-9-10-11-12-13-14-15-16-17-25(31)26(32)30(22-29)34-27(33)23-18-20-24(21-19-23)28(2,3)4/h18-21,25-26,31-32H,5-17,22,29H2,1-4H3.